The molecule has 544 valence electrons. The maximum atomic E-state index is 13.6. The second kappa shape index (κ2) is 43.9. The summed E-state index contributed by atoms with van der Waals surface area (Å²) >= 11 is 0. The summed E-state index contributed by atoms with van der Waals surface area (Å²) in [7, 11) is 0. The topological polar surface area (TPSA) is 591 Å². The fraction of sp³-hybridized carbons (Fsp3) is 0.964. The highest BCUT2D eigenvalue weighted by Crippen LogP contribution is 2.34. The molecule has 3 rings (SSSR count). The molecule has 0 aromatic rings. The average Bonchev–Trinajstić information content (AvgIpc) is 0.807. The first kappa shape index (κ1) is 84.0. The average molecular weight is 1350 g/mol. The van der Waals surface area contributed by atoms with E-state index in [2.05, 4.69) is 37.2 Å². The summed E-state index contributed by atoms with van der Waals surface area (Å²) in [5, 5.41) is 215. The van der Waals surface area contributed by atoms with E-state index in [0.717, 1.165) is 4.90 Å². The van der Waals surface area contributed by atoms with Gasteiger partial charge in [0, 0.05) is 51.7 Å². The van der Waals surface area contributed by atoms with E-state index in [9.17, 15) is 107 Å². The van der Waals surface area contributed by atoms with E-state index in [1.165, 1.54) is 11.8 Å². The van der Waals surface area contributed by atoms with E-state index >= 15 is 0 Å². The Morgan fingerprint density at radius 3 is 1.78 bits per heavy atom. The van der Waals surface area contributed by atoms with Crippen molar-refractivity contribution in [3.05, 3.63) is 0 Å². The Morgan fingerprint density at radius 1 is 0.609 bits per heavy atom. The third-order valence-corrected chi connectivity index (χ3v) is 16.4. The smallest absolute Gasteiger partial charge is 0.237 e. The molecule has 0 aromatic carbocycles. The first-order valence-electron chi connectivity index (χ1n) is 31.7. The number of β-amino-alcohol motifs (C(OH)–C–C–N with tert-alkyl or cyclic N) is 1. The van der Waals surface area contributed by atoms with Crippen LogP contribution in [0.15, 0.2) is 0 Å². The second-order valence-corrected chi connectivity index (χ2v) is 23.5. The lowest BCUT2D eigenvalue weighted by Crippen LogP contribution is -2.66. The number of nitrogens with one attached hydrogen (secondary N) is 7. The molecule has 0 saturated carbocycles. The van der Waals surface area contributed by atoms with Gasteiger partial charge in [-0.1, -0.05) is 20.8 Å². The van der Waals surface area contributed by atoms with Crippen LogP contribution in [0.3, 0.4) is 0 Å². The second-order valence-electron chi connectivity index (χ2n) is 23.5. The first-order valence-corrected chi connectivity index (χ1v) is 31.7. The van der Waals surface area contributed by atoms with Gasteiger partial charge in [0.15, 0.2) is 37.2 Å². The maximum absolute atomic E-state index is 13.6. The normalized spacial score (nSPS) is 29.3. The van der Waals surface area contributed by atoms with Crippen LogP contribution in [0.4, 0.5) is 0 Å². The number of unbranched alkanes of at least 4 members (excludes halogenated alkanes) is 1. The van der Waals surface area contributed by atoms with Crippen molar-refractivity contribution in [1.82, 2.24) is 47.0 Å². The fourth-order valence-electron chi connectivity index (χ4n) is 10.6. The predicted molar refractivity (Wildman–Crippen MR) is 319 cm³/mol. The van der Waals surface area contributed by atoms with Crippen molar-refractivity contribution in [3.63, 3.8) is 0 Å². The summed E-state index contributed by atoms with van der Waals surface area (Å²) in [4.78, 5) is 29.2. The van der Waals surface area contributed by atoms with E-state index in [1.807, 2.05) is 6.92 Å². The predicted octanol–water partition coefficient (Wildman–Crippen LogP) is -12.2. The van der Waals surface area contributed by atoms with Crippen LogP contribution in [0, 0.1) is 0 Å². The van der Waals surface area contributed by atoms with E-state index in [0.29, 0.717) is 25.7 Å². The number of hydrogen-bond acceptors (Lipinski definition) is 36. The Labute approximate surface area is 535 Å². The van der Waals surface area contributed by atoms with E-state index < -0.39 is 192 Å². The lowest BCUT2D eigenvalue weighted by molar-refractivity contribution is -0.382. The zero-order chi connectivity index (χ0) is 68.8. The number of nitrogens with zero attached hydrogens (tertiary/aromatic N) is 2. The maximum Gasteiger partial charge on any atom is 0.237 e. The lowest BCUT2D eigenvalue weighted by Gasteiger charge is -2.48. The molecule has 28 N–H and O–H groups in total. The Hall–Kier alpha value is -2.22. The number of nitrogens with two attached hydrogens (primary N) is 1. The van der Waals surface area contributed by atoms with Crippen LogP contribution in [0.5, 0.6) is 0 Å². The molecule has 92 heavy (non-hydrogen) atoms. The SMILES string of the molecule is CCC(CCN(CC(O)O)C(O)CNC(O)CNC(O)CCCCC(O)NCCCO[C@@H]1OC(CO)[C@H](O)C(O[C@H]2OC(CO)[C@H](O)C(O)C2O)C1O[C@H]1CC(O)[C@H](O)C(C)O1)NCC(O)NCC(=O)N(CC(=O)C(CC)(CC)NCC(O)NCC(N)O)CC(O)O. The fourth-order valence-corrected chi connectivity index (χ4v) is 10.6. The van der Waals surface area contributed by atoms with Crippen LogP contribution in [0.25, 0.3) is 0 Å². The zero-order valence-corrected chi connectivity index (χ0v) is 53.1. The summed E-state index contributed by atoms with van der Waals surface area (Å²) in [5.41, 5.74) is 4.09. The summed E-state index contributed by atoms with van der Waals surface area (Å²) in [6.07, 6.45) is -30.0. The largest absolute Gasteiger partial charge is 0.394 e. The molecule has 0 aromatic heterocycles. The molecule has 3 aliphatic rings. The highest BCUT2D eigenvalue weighted by molar-refractivity contribution is 5.93. The number of ether oxygens (including phenoxy) is 6. The van der Waals surface area contributed by atoms with Gasteiger partial charge in [-0.05, 0) is 71.3 Å². The molecule has 1 amide bonds. The lowest BCUT2D eigenvalue weighted by atomic mass is 9.87. The third-order valence-electron chi connectivity index (χ3n) is 16.4. The number of amides is 1. The summed E-state index contributed by atoms with van der Waals surface area (Å²) in [6.45, 7) is 2.84. The van der Waals surface area contributed by atoms with Crippen LogP contribution in [0.2, 0.25) is 0 Å². The minimum atomic E-state index is -1.98. The van der Waals surface area contributed by atoms with Gasteiger partial charge in [-0.3, -0.25) is 41.1 Å². The minimum absolute atomic E-state index is 0.0658. The highest BCUT2D eigenvalue weighted by Gasteiger charge is 2.53. The molecule has 0 bridgehead atoms. The van der Waals surface area contributed by atoms with Crippen LogP contribution >= 0.6 is 0 Å². The monoisotopic (exact) mass is 1340 g/mol. The number of hydrogen-bond donors (Lipinski definition) is 27. The third kappa shape index (κ3) is 29.1. The Balaban J connectivity index is 1.39. The molecule has 22 atom stereocenters. The molecular formula is C55H112N10O27. The molecule has 3 saturated heterocycles. The van der Waals surface area contributed by atoms with E-state index in [-0.39, 0.29) is 104 Å². The molecule has 3 aliphatic heterocycles. The minimum Gasteiger partial charge on any atom is -0.394 e. The summed E-state index contributed by atoms with van der Waals surface area (Å²) in [6, 6.07) is -0.293. The van der Waals surface area contributed by atoms with Crippen molar-refractivity contribution in [2.45, 2.75) is 246 Å². The van der Waals surface area contributed by atoms with Crippen molar-refractivity contribution in [2.75, 3.05) is 91.8 Å². The highest BCUT2D eigenvalue weighted by atomic mass is 16.8. The van der Waals surface area contributed by atoms with Gasteiger partial charge in [0.2, 0.25) is 5.91 Å². The Morgan fingerprint density at radius 2 is 1.18 bits per heavy atom. The van der Waals surface area contributed by atoms with Crippen molar-refractivity contribution in [1.29, 1.82) is 0 Å². The molecule has 0 radical (unpaired) electrons. The molecule has 3 heterocycles. The molecule has 0 aliphatic carbocycles. The van der Waals surface area contributed by atoms with Crippen molar-refractivity contribution >= 4 is 11.7 Å². The number of carbonyl (C=O) groups is 2. The molecular weight excluding hydrogens is 1230 g/mol. The first-order chi connectivity index (χ1) is 43.5. The number of aliphatic hydroxyl groups excluding tert-OH is 17. The molecule has 3 fully saturated rings. The van der Waals surface area contributed by atoms with Crippen molar-refractivity contribution < 1.29 is 135 Å². The van der Waals surface area contributed by atoms with Crippen LogP contribution in [-0.2, 0) is 38.0 Å². The molecule has 0 spiro atoms. The van der Waals surface area contributed by atoms with Crippen LogP contribution < -0.4 is 43.0 Å². The Kier molecular flexibility index (Phi) is 40.1. The van der Waals surface area contributed by atoms with Crippen LogP contribution in [-0.4, -0.2) is 364 Å². The number of rotatable bonds is 49. The van der Waals surface area contributed by atoms with Gasteiger partial charge >= 0.3 is 0 Å². The quantitative estimate of drug-likeness (QED) is 0.0199. The number of Topliss-reactive ketones (excluding diaryl/α,β-unsaturated/α-hetero) is 1. The summed E-state index contributed by atoms with van der Waals surface area (Å²) in [5.74, 6) is -1.20. The van der Waals surface area contributed by atoms with Gasteiger partial charge in [-0.2, -0.15) is 0 Å². The molecule has 37 heteroatoms. The Bertz CT molecular complexity index is 1960. The van der Waals surface area contributed by atoms with Crippen LogP contribution in [0.1, 0.15) is 91.9 Å². The summed E-state index contributed by atoms with van der Waals surface area (Å²) < 4.78 is 35.2. The van der Waals surface area contributed by atoms with Gasteiger partial charge in [0.25, 0.3) is 0 Å². The van der Waals surface area contributed by atoms with E-state index in [1.54, 1.807) is 13.8 Å². The van der Waals surface area contributed by atoms with E-state index in [4.69, 9.17) is 34.2 Å². The van der Waals surface area contributed by atoms with Crippen molar-refractivity contribution in [3.8, 4) is 0 Å². The standard InChI is InChI=1S/C55H112N10O27/c1-5-30(58-19-38(73)62-23-42(77)65(26-44(80)81)24-34(69)55(6-2,7-3)63-21-40(75)59-18-35(56)70)13-15-64(25-43(78)79)41(76)22-61-39(74)20-60-37(72)12-9-8-11-36(71)57-14-10-16-87-54-52(91-45-17-31(68)46(82)29(4)88-45)51(48(84)33(28-67)90-54)92-53-50(86)49(85)47(83)32(27-66)89-53/h29-33,35-41,43-54,57-63,66-68,70-76,78-86H,5-28,56H2,1-4H3/t29?,30?,31?,32?,33?,35?,36?,37?,38?,39?,40?,41?,45-,46+,47-,48-,49?,50?,51?,52?,53+,54+/m0/s1. The number of ketones is 1. The van der Waals surface area contributed by atoms with Gasteiger partial charge < -0.3 is 147 Å². The van der Waals surface area contributed by atoms with Crippen molar-refractivity contribution in [2.24, 2.45) is 5.73 Å². The van der Waals surface area contributed by atoms with Gasteiger partial charge in [-0.25, -0.2) is 0 Å². The van der Waals surface area contributed by atoms with Gasteiger partial charge in [-0.15, -0.1) is 0 Å². The number of carbonyl (C=O) groups excluding carboxylic acids is 2. The van der Waals surface area contributed by atoms with Gasteiger partial charge in [0.1, 0.15) is 98.5 Å². The number of aliphatic hydroxyl groups is 19. The molecule has 37 nitrogen and oxygen atoms in total. The van der Waals surface area contributed by atoms with Gasteiger partial charge in [0.05, 0.1) is 63.7 Å². The zero-order valence-electron chi connectivity index (χ0n) is 53.1. The molecule has 16 unspecified atom stereocenters.